The molecule has 0 saturated heterocycles. The maximum Gasteiger partial charge on any atom is 0.142 e. The van der Waals surface area contributed by atoms with E-state index in [1.54, 1.807) is 12.5 Å². The monoisotopic (exact) mass is 465 g/mol. The number of anilines is 1. The zero-order valence-electron chi connectivity index (χ0n) is 19.2. The second-order valence-electron chi connectivity index (χ2n) is 9.00. The predicted molar refractivity (Wildman–Crippen MR) is 133 cm³/mol. The fourth-order valence-electron chi connectivity index (χ4n) is 4.91. The summed E-state index contributed by atoms with van der Waals surface area (Å²) in [6, 6.07) is 8.37. The molecule has 0 spiro atoms. The lowest BCUT2D eigenvalue weighted by atomic mass is 9.86. The number of benzene rings is 1. The van der Waals surface area contributed by atoms with Crippen molar-refractivity contribution in [1.82, 2.24) is 25.1 Å². The summed E-state index contributed by atoms with van der Waals surface area (Å²) in [4.78, 5) is 15.2. The highest BCUT2D eigenvalue weighted by atomic mass is 32.2. The van der Waals surface area contributed by atoms with Crippen molar-refractivity contribution >= 4 is 37.5 Å². The van der Waals surface area contributed by atoms with Crippen LogP contribution in [-0.2, 0) is 9.73 Å². The second kappa shape index (κ2) is 9.13. The van der Waals surface area contributed by atoms with Crippen LogP contribution in [0, 0.1) is 5.92 Å². The van der Waals surface area contributed by atoms with E-state index < -0.39 is 9.73 Å². The molecule has 0 aliphatic heterocycles. The van der Waals surface area contributed by atoms with Gasteiger partial charge in [-0.3, -0.25) is 5.10 Å². The fraction of sp³-hybridized carbons (Fsp3) is 0.458. The first-order valence-corrected chi connectivity index (χ1v) is 13.4. The molecule has 4 aromatic rings. The number of H-pyrrole nitrogens is 2. The van der Waals surface area contributed by atoms with Crippen LogP contribution in [0.25, 0.3) is 21.9 Å². The summed E-state index contributed by atoms with van der Waals surface area (Å²) in [7, 11) is -0.340. The van der Waals surface area contributed by atoms with Crippen molar-refractivity contribution in [2.24, 2.45) is 10.3 Å². The Labute approximate surface area is 194 Å². The number of hydrogen-bond acceptors (Lipinski definition) is 6. The van der Waals surface area contributed by atoms with E-state index in [-0.39, 0.29) is 0 Å². The molecule has 1 saturated carbocycles. The van der Waals surface area contributed by atoms with E-state index in [9.17, 15) is 4.21 Å². The van der Waals surface area contributed by atoms with E-state index in [4.69, 9.17) is 4.36 Å². The van der Waals surface area contributed by atoms with Crippen molar-refractivity contribution < 1.29 is 4.21 Å². The van der Waals surface area contributed by atoms with Crippen LogP contribution >= 0.6 is 0 Å². The Morgan fingerprint density at radius 3 is 2.85 bits per heavy atom. The van der Waals surface area contributed by atoms with E-state index in [0.717, 1.165) is 64.8 Å². The summed E-state index contributed by atoms with van der Waals surface area (Å²) in [6.45, 7) is 2.71. The van der Waals surface area contributed by atoms with Gasteiger partial charge in [-0.25, -0.2) is 18.5 Å². The van der Waals surface area contributed by atoms with Gasteiger partial charge in [-0.05, 0) is 62.3 Å². The number of fused-ring (bicyclic) bond motifs is 2. The standard InChI is InChI=1S/C24H31N7OS/c1-3-11-29-33(32,20-8-9-22-18(13-20)14-28-30-22)15-17-4-6-19(7-5-17)31(2)24-21-10-12-25-23(21)26-16-27-24/h8-10,12-14,16-17,19H,3-7,11,15H2,1-2H3,(H,28,30)(H,25,26,27). The largest absolute Gasteiger partial charge is 0.356 e. The van der Waals surface area contributed by atoms with Crippen LogP contribution in [0.4, 0.5) is 5.82 Å². The lowest BCUT2D eigenvalue weighted by molar-refractivity contribution is 0.342. The number of nitrogens with zero attached hydrogens (tertiary/aromatic N) is 5. The molecule has 3 heterocycles. The maximum absolute atomic E-state index is 14.1. The molecule has 0 amide bonds. The first-order chi connectivity index (χ1) is 16.1. The predicted octanol–water partition coefficient (Wildman–Crippen LogP) is 4.77. The first kappa shape index (κ1) is 21.9. The molecule has 1 fully saturated rings. The maximum atomic E-state index is 14.1. The van der Waals surface area contributed by atoms with E-state index in [2.05, 4.69) is 44.0 Å². The van der Waals surface area contributed by atoms with Crippen LogP contribution < -0.4 is 4.90 Å². The minimum atomic E-state index is -2.47. The number of aromatic nitrogens is 5. The lowest BCUT2D eigenvalue weighted by Crippen LogP contribution is -2.37. The van der Waals surface area contributed by atoms with Crippen molar-refractivity contribution in [3.05, 3.63) is 43.0 Å². The zero-order valence-corrected chi connectivity index (χ0v) is 20.0. The van der Waals surface area contributed by atoms with Gasteiger partial charge in [-0.2, -0.15) is 5.10 Å². The molecular formula is C24H31N7OS. The highest BCUT2D eigenvalue weighted by Crippen LogP contribution is 2.33. The van der Waals surface area contributed by atoms with Gasteiger partial charge in [-0.1, -0.05) is 6.92 Å². The highest BCUT2D eigenvalue weighted by Gasteiger charge is 2.29. The molecule has 1 unspecified atom stereocenters. The quantitative estimate of drug-likeness (QED) is 0.409. The molecule has 1 aromatic carbocycles. The number of hydrogen-bond donors (Lipinski definition) is 2. The summed E-state index contributed by atoms with van der Waals surface area (Å²) in [5, 5.41) is 9.11. The molecule has 8 nitrogen and oxygen atoms in total. The van der Waals surface area contributed by atoms with Crippen molar-refractivity contribution in [2.45, 2.75) is 50.0 Å². The second-order valence-corrected chi connectivity index (χ2v) is 11.3. The van der Waals surface area contributed by atoms with Gasteiger partial charge in [0.2, 0.25) is 0 Å². The summed E-state index contributed by atoms with van der Waals surface area (Å²) < 4.78 is 18.8. The Bertz CT molecular complexity index is 1360. The van der Waals surface area contributed by atoms with Gasteiger partial charge in [0.25, 0.3) is 0 Å². The third kappa shape index (κ3) is 4.34. The molecular weight excluding hydrogens is 434 g/mol. The van der Waals surface area contributed by atoms with Crippen LogP contribution in [-0.4, -0.2) is 54.7 Å². The third-order valence-corrected chi connectivity index (χ3v) is 9.31. The Morgan fingerprint density at radius 1 is 1.18 bits per heavy atom. The van der Waals surface area contributed by atoms with Crippen LogP contribution in [0.3, 0.4) is 0 Å². The number of rotatable bonds is 7. The van der Waals surface area contributed by atoms with Gasteiger partial charge in [-0.15, -0.1) is 0 Å². The molecule has 174 valence electrons. The van der Waals surface area contributed by atoms with Crippen molar-refractivity contribution in [3.8, 4) is 0 Å². The highest BCUT2D eigenvalue weighted by molar-refractivity contribution is 7.93. The smallest absolute Gasteiger partial charge is 0.142 e. The van der Waals surface area contributed by atoms with Gasteiger partial charge in [0.1, 0.15) is 17.8 Å². The normalized spacial score (nSPS) is 20.7. The Kier molecular flexibility index (Phi) is 6.05. The SMILES string of the molecule is CCCN=S(=O)(CC1CCC(N(C)c2ncnc3[nH]ccc23)CC1)c1ccc2[nH]ncc2c1. The fourth-order valence-corrected chi connectivity index (χ4v) is 7.40. The first-order valence-electron chi connectivity index (χ1n) is 11.7. The summed E-state index contributed by atoms with van der Waals surface area (Å²) in [6.07, 6.45) is 10.4. The average molecular weight is 466 g/mol. The molecule has 1 atom stereocenters. The molecule has 2 N–H and O–H groups in total. The van der Waals surface area contributed by atoms with Crippen LogP contribution in [0.15, 0.2) is 52.2 Å². The van der Waals surface area contributed by atoms with Gasteiger partial charge in [0.15, 0.2) is 0 Å². The van der Waals surface area contributed by atoms with Crippen LogP contribution in [0.2, 0.25) is 0 Å². The van der Waals surface area contributed by atoms with Crippen LogP contribution in [0.5, 0.6) is 0 Å². The van der Waals surface area contributed by atoms with Crippen molar-refractivity contribution in [1.29, 1.82) is 0 Å². The van der Waals surface area contributed by atoms with Crippen molar-refractivity contribution in [2.75, 3.05) is 24.2 Å². The van der Waals surface area contributed by atoms with Gasteiger partial charge < -0.3 is 9.88 Å². The van der Waals surface area contributed by atoms with E-state index in [1.807, 2.05) is 30.5 Å². The summed E-state index contributed by atoms with van der Waals surface area (Å²) in [5.41, 5.74) is 1.83. The van der Waals surface area contributed by atoms with Gasteiger partial charge in [0, 0.05) is 41.9 Å². The summed E-state index contributed by atoms with van der Waals surface area (Å²) in [5.74, 6) is 2.00. The third-order valence-electron chi connectivity index (χ3n) is 6.80. The molecule has 0 bridgehead atoms. The Morgan fingerprint density at radius 2 is 2.03 bits per heavy atom. The van der Waals surface area contributed by atoms with Crippen LogP contribution in [0.1, 0.15) is 39.0 Å². The Hall–Kier alpha value is -2.94. The van der Waals surface area contributed by atoms with E-state index in [1.165, 1.54) is 0 Å². The van der Waals surface area contributed by atoms with E-state index >= 15 is 0 Å². The molecule has 0 radical (unpaired) electrons. The number of aromatic amines is 2. The van der Waals surface area contributed by atoms with Crippen molar-refractivity contribution in [3.63, 3.8) is 0 Å². The number of nitrogens with one attached hydrogen (secondary N) is 2. The minimum Gasteiger partial charge on any atom is -0.356 e. The molecule has 5 rings (SSSR count). The molecule has 33 heavy (non-hydrogen) atoms. The lowest BCUT2D eigenvalue weighted by Gasteiger charge is -2.35. The van der Waals surface area contributed by atoms with Gasteiger partial charge in [0.05, 0.1) is 26.8 Å². The average Bonchev–Trinajstić information content (AvgIpc) is 3.51. The minimum absolute atomic E-state index is 0.403. The molecule has 3 aromatic heterocycles. The Balaban J connectivity index is 1.31. The van der Waals surface area contributed by atoms with E-state index in [0.29, 0.717) is 24.3 Å². The molecule has 9 heteroatoms. The molecule has 1 aliphatic carbocycles. The zero-order chi connectivity index (χ0) is 22.8. The topological polar surface area (TPSA) is 103 Å². The summed E-state index contributed by atoms with van der Waals surface area (Å²) >= 11 is 0. The molecule has 1 aliphatic rings. The van der Waals surface area contributed by atoms with Gasteiger partial charge >= 0.3 is 0 Å².